The third kappa shape index (κ3) is 3.08. The van der Waals surface area contributed by atoms with Crippen molar-refractivity contribution in [1.82, 2.24) is 0 Å². The molecule has 0 unspecified atom stereocenters. The van der Waals surface area contributed by atoms with Crippen LogP contribution in [-0.4, -0.2) is 13.1 Å². The lowest BCUT2D eigenvalue weighted by atomic mass is 10.2. The summed E-state index contributed by atoms with van der Waals surface area (Å²) in [4.78, 5) is 11.4. The first-order chi connectivity index (χ1) is 9.51. The molecule has 6 heteroatoms. The molecule has 2 N–H and O–H groups in total. The summed E-state index contributed by atoms with van der Waals surface area (Å²) >= 11 is 3.20. The topological polar surface area (TPSA) is 61.5 Å². The monoisotopic (exact) mass is 339 g/mol. The molecule has 0 spiro atoms. The van der Waals surface area contributed by atoms with Crippen molar-refractivity contribution in [3.8, 4) is 11.5 Å². The zero-order chi connectivity index (χ0) is 14.7. The Kier molecular flexibility index (Phi) is 4.24. The van der Waals surface area contributed by atoms with Crippen molar-refractivity contribution in [2.24, 2.45) is 0 Å². The van der Waals surface area contributed by atoms with E-state index in [1.54, 1.807) is 6.07 Å². The predicted octanol–water partition coefficient (Wildman–Crippen LogP) is 3.75. The fraction of sp³-hybridized carbons (Fsp3) is 0.0714. The highest BCUT2D eigenvalue weighted by Gasteiger charge is 2.11. The number of ether oxygens (including phenoxy) is 2. The van der Waals surface area contributed by atoms with Crippen molar-refractivity contribution in [3.63, 3.8) is 0 Å². The standard InChI is InChI=1S/C14H11BrFNO3/c1-19-14(18)8-2-4-13(11(17)6-8)20-12-5-3-9(16)7-10(12)15/h2-7H,17H2,1H3. The quantitative estimate of drug-likeness (QED) is 0.683. The maximum atomic E-state index is 13.0. The SMILES string of the molecule is COC(=O)c1ccc(Oc2ccc(F)cc2Br)c(N)c1. The second-order valence-electron chi connectivity index (χ2n) is 3.92. The van der Waals surface area contributed by atoms with Crippen LogP contribution in [0.2, 0.25) is 0 Å². The minimum absolute atomic E-state index is 0.282. The number of anilines is 1. The van der Waals surface area contributed by atoms with E-state index in [2.05, 4.69) is 20.7 Å². The molecule has 0 atom stereocenters. The predicted molar refractivity (Wildman–Crippen MR) is 76.4 cm³/mol. The lowest BCUT2D eigenvalue weighted by molar-refractivity contribution is 0.0601. The summed E-state index contributed by atoms with van der Waals surface area (Å²) in [5.74, 6) is -0.0710. The number of carbonyl (C=O) groups is 1. The van der Waals surface area contributed by atoms with Crippen LogP contribution in [0.4, 0.5) is 10.1 Å². The number of rotatable bonds is 3. The van der Waals surface area contributed by atoms with Crippen molar-refractivity contribution in [1.29, 1.82) is 0 Å². The van der Waals surface area contributed by atoms with Crippen LogP contribution in [0.1, 0.15) is 10.4 Å². The Bertz CT molecular complexity index is 661. The van der Waals surface area contributed by atoms with E-state index in [-0.39, 0.29) is 11.5 Å². The van der Waals surface area contributed by atoms with Crippen molar-refractivity contribution >= 4 is 27.6 Å². The first kappa shape index (κ1) is 14.3. The molecule has 0 fully saturated rings. The van der Waals surface area contributed by atoms with E-state index in [4.69, 9.17) is 10.5 Å². The van der Waals surface area contributed by atoms with E-state index < -0.39 is 5.97 Å². The summed E-state index contributed by atoms with van der Waals surface area (Å²) in [5, 5.41) is 0. The van der Waals surface area contributed by atoms with Crippen LogP contribution in [0.15, 0.2) is 40.9 Å². The average Bonchev–Trinajstić information content (AvgIpc) is 2.42. The fourth-order valence-corrected chi connectivity index (χ4v) is 1.99. The highest BCUT2D eigenvalue weighted by atomic mass is 79.9. The van der Waals surface area contributed by atoms with Crippen molar-refractivity contribution in [2.45, 2.75) is 0 Å². The second kappa shape index (κ2) is 5.92. The van der Waals surface area contributed by atoms with Gasteiger partial charge in [-0.3, -0.25) is 0 Å². The van der Waals surface area contributed by atoms with Crippen LogP contribution in [0.5, 0.6) is 11.5 Å². The number of carbonyl (C=O) groups excluding carboxylic acids is 1. The Morgan fingerprint density at radius 3 is 2.50 bits per heavy atom. The van der Waals surface area contributed by atoms with E-state index in [9.17, 15) is 9.18 Å². The molecule has 0 heterocycles. The van der Waals surface area contributed by atoms with Crippen LogP contribution < -0.4 is 10.5 Å². The largest absolute Gasteiger partial charge is 0.465 e. The number of hydrogen-bond acceptors (Lipinski definition) is 4. The molecule has 0 saturated carbocycles. The van der Waals surface area contributed by atoms with Gasteiger partial charge in [0.25, 0.3) is 0 Å². The highest BCUT2D eigenvalue weighted by molar-refractivity contribution is 9.10. The van der Waals surface area contributed by atoms with Crippen LogP contribution >= 0.6 is 15.9 Å². The van der Waals surface area contributed by atoms with Gasteiger partial charge in [0.1, 0.15) is 17.3 Å². The van der Waals surface area contributed by atoms with Crippen molar-refractivity contribution in [3.05, 3.63) is 52.3 Å². The Labute approximate surface area is 123 Å². The van der Waals surface area contributed by atoms with Gasteiger partial charge >= 0.3 is 5.97 Å². The number of nitrogens with two attached hydrogens (primary N) is 1. The summed E-state index contributed by atoms with van der Waals surface area (Å²) in [6.07, 6.45) is 0. The maximum Gasteiger partial charge on any atom is 0.337 e. The summed E-state index contributed by atoms with van der Waals surface area (Å²) in [6, 6.07) is 8.59. The highest BCUT2D eigenvalue weighted by Crippen LogP contribution is 2.33. The van der Waals surface area contributed by atoms with E-state index in [1.807, 2.05) is 0 Å². The van der Waals surface area contributed by atoms with Crippen molar-refractivity contribution in [2.75, 3.05) is 12.8 Å². The van der Waals surface area contributed by atoms with E-state index in [0.29, 0.717) is 21.5 Å². The molecule has 4 nitrogen and oxygen atoms in total. The molecule has 0 bridgehead atoms. The zero-order valence-corrected chi connectivity index (χ0v) is 12.1. The molecule has 0 amide bonds. The molecule has 0 aliphatic heterocycles. The van der Waals surface area contributed by atoms with E-state index >= 15 is 0 Å². The molecule has 0 aliphatic carbocycles. The maximum absolute atomic E-state index is 13.0. The summed E-state index contributed by atoms with van der Waals surface area (Å²) in [6.45, 7) is 0. The number of hydrogen-bond donors (Lipinski definition) is 1. The number of methoxy groups -OCH3 is 1. The van der Waals surface area contributed by atoms with Gasteiger partial charge < -0.3 is 15.2 Å². The molecule has 2 aromatic carbocycles. The lowest BCUT2D eigenvalue weighted by Gasteiger charge is -2.11. The first-order valence-corrected chi connectivity index (χ1v) is 6.41. The van der Waals surface area contributed by atoms with E-state index in [1.165, 1.54) is 37.4 Å². The third-order valence-electron chi connectivity index (χ3n) is 2.54. The molecule has 2 aromatic rings. The van der Waals surface area contributed by atoms with Gasteiger partial charge in [0.2, 0.25) is 0 Å². The Hall–Kier alpha value is -2.08. The average molecular weight is 340 g/mol. The van der Waals surface area contributed by atoms with Gasteiger partial charge in [-0.05, 0) is 52.3 Å². The van der Waals surface area contributed by atoms with Gasteiger partial charge in [-0.2, -0.15) is 0 Å². The molecular weight excluding hydrogens is 329 g/mol. The molecule has 2 rings (SSSR count). The number of esters is 1. The Morgan fingerprint density at radius 1 is 1.20 bits per heavy atom. The molecule has 104 valence electrons. The number of nitrogen functional groups attached to an aromatic ring is 1. The minimum Gasteiger partial charge on any atom is -0.465 e. The first-order valence-electron chi connectivity index (χ1n) is 5.62. The molecule has 0 aromatic heterocycles. The molecule has 0 aliphatic rings. The summed E-state index contributed by atoms with van der Waals surface area (Å²) < 4.78 is 23.6. The van der Waals surface area contributed by atoms with Crippen LogP contribution in [-0.2, 0) is 4.74 Å². The fourth-order valence-electron chi connectivity index (χ4n) is 1.56. The number of benzene rings is 2. The molecular formula is C14H11BrFNO3. The van der Waals surface area contributed by atoms with Crippen molar-refractivity contribution < 1.29 is 18.7 Å². The van der Waals surface area contributed by atoms with Gasteiger partial charge in [0, 0.05) is 0 Å². The Balaban J connectivity index is 2.28. The van der Waals surface area contributed by atoms with Gasteiger partial charge in [-0.1, -0.05) is 0 Å². The smallest absolute Gasteiger partial charge is 0.337 e. The van der Waals surface area contributed by atoms with Gasteiger partial charge in [-0.15, -0.1) is 0 Å². The Morgan fingerprint density at radius 2 is 1.90 bits per heavy atom. The van der Waals surface area contributed by atoms with Crippen LogP contribution in [0.25, 0.3) is 0 Å². The molecule has 20 heavy (non-hydrogen) atoms. The number of halogens is 2. The second-order valence-corrected chi connectivity index (χ2v) is 4.78. The van der Waals surface area contributed by atoms with E-state index in [0.717, 1.165) is 0 Å². The summed E-state index contributed by atoms with van der Waals surface area (Å²) in [5.41, 5.74) is 6.43. The van der Waals surface area contributed by atoms with Gasteiger partial charge in [-0.25, -0.2) is 9.18 Å². The van der Waals surface area contributed by atoms with Crippen LogP contribution in [0, 0.1) is 5.82 Å². The lowest BCUT2D eigenvalue weighted by Crippen LogP contribution is -2.02. The zero-order valence-electron chi connectivity index (χ0n) is 10.5. The molecule has 0 saturated heterocycles. The third-order valence-corrected chi connectivity index (χ3v) is 3.16. The van der Waals surface area contributed by atoms with Crippen LogP contribution in [0.3, 0.4) is 0 Å². The minimum atomic E-state index is -0.480. The van der Waals surface area contributed by atoms with Gasteiger partial charge in [0.15, 0.2) is 0 Å². The normalized spacial score (nSPS) is 10.2. The summed E-state index contributed by atoms with van der Waals surface area (Å²) in [7, 11) is 1.29. The molecule has 0 radical (unpaired) electrons. The van der Waals surface area contributed by atoms with Gasteiger partial charge in [0.05, 0.1) is 22.8 Å².